The Hall–Kier alpha value is -5.98. The molecule has 0 saturated carbocycles. The first-order valence-corrected chi connectivity index (χ1v) is 11.7. The van der Waals surface area contributed by atoms with E-state index in [9.17, 15) is 47.4 Å². The molecule has 0 N–H and O–H groups in total. The lowest BCUT2D eigenvalue weighted by Gasteiger charge is -2.07. The maximum Gasteiger partial charge on any atom is 0.416 e. The van der Waals surface area contributed by atoms with Gasteiger partial charge in [-0.25, -0.2) is 0 Å². The lowest BCUT2D eigenvalue weighted by molar-refractivity contribution is -0.138. The van der Waals surface area contributed by atoms with Crippen molar-refractivity contribution < 1.29 is 26.3 Å². The van der Waals surface area contributed by atoms with Gasteiger partial charge in [-0.3, -0.25) is 0 Å². The van der Waals surface area contributed by atoms with Gasteiger partial charge in [-0.2, -0.15) is 57.4 Å². The minimum Gasteiger partial charge on any atom is -0.192 e. The summed E-state index contributed by atoms with van der Waals surface area (Å²) < 4.78 is 78.8. The Labute approximate surface area is 231 Å². The number of hydrogen-bond donors (Lipinski definition) is 0. The first-order valence-electron chi connectivity index (χ1n) is 11.7. The molecule has 0 heterocycles. The van der Waals surface area contributed by atoms with Crippen molar-refractivity contribution in [2.24, 2.45) is 9.98 Å². The molecule has 0 aliphatic carbocycles. The summed E-state index contributed by atoms with van der Waals surface area (Å²) in [5.74, 6) is 0. The van der Waals surface area contributed by atoms with E-state index in [1.807, 2.05) is 12.1 Å². The molecule has 0 bridgehead atoms. The summed E-state index contributed by atoms with van der Waals surface area (Å²) in [4.78, 5) is 7.67. The number of benzene rings is 3. The summed E-state index contributed by atoms with van der Waals surface area (Å²) in [5, 5.41) is 39.8. The third-order valence-corrected chi connectivity index (χ3v) is 6.73. The molecule has 12 heteroatoms. The maximum absolute atomic E-state index is 13.1. The molecule has 0 saturated heterocycles. The molecule has 6 nitrogen and oxygen atoms in total. The normalized spacial score (nSPS) is 12.7. The molecule has 0 unspecified atom stereocenters. The quantitative estimate of drug-likeness (QED) is 0.173. The molecule has 42 heavy (non-hydrogen) atoms. The zero-order chi connectivity index (χ0) is 30.4. The third kappa shape index (κ3) is 4.38. The molecule has 0 aliphatic heterocycles. The second-order valence-electron chi connectivity index (χ2n) is 8.94. The Bertz CT molecular complexity index is 2030. The predicted molar refractivity (Wildman–Crippen MR) is 136 cm³/mol. The van der Waals surface area contributed by atoms with Crippen molar-refractivity contribution in [3.05, 3.63) is 93.6 Å². The average Bonchev–Trinajstić information content (AvgIpc) is 3.42. The lowest BCUT2D eigenvalue weighted by Crippen LogP contribution is -2.06. The largest absolute Gasteiger partial charge is 0.416 e. The van der Waals surface area contributed by atoms with E-state index in [1.165, 1.54) is 12.1 Å². The molecule has 5 aromatic rings. The molecule has 0 aromatic heterocycles. The Morgan fingerprint density at radius 2 is 0.833 bits per heavy atom. The third-order valence-electron chi connectivity index (χ3n) is 6.73. The van der Waals surface area contributed by atoms with Crippen molar-refractivity contribution >= 4 is 21.5 Å². The Morgan fingerprint density at radius 1 is 0.500 bits per heavy atom. The van der Waals surface area contributed by atoms with E-state index in [0.717, 1.165) is 48.5 Å². The molecule has 0 amide bonds. The molecule has 5 rings (SSSR count). The minimum atomic E-state index is -4.60. The van der Waals surface area contributed by atoms with Crippen LogP contribution >= 0.6 is 0 Å². The van der Waals surface area contributed by atoms with Gasteiger partial charge in [0.25, 0.3) is 0 Å². The van der Waals surface area contributed by atoms with Gasteiger partial charge in [0.05, 0.1) is 33.0 Å². The van der Waals surface area contributed by atoms with Gasteiger partial charge >= 0.3 is 12.4 Å². The van der Waals surface area contributed by atoms with Crippen LogP contribution in [-0.2, 0) is 12.4 Å². The van der Waals surface area contributed by atoms with Crippen LogP contribution in [0.3, 0.4) is 0 Å². The summed E-state index contributed by atoms with van der Waals surface area (Å²) >= 11 is 0. The van der Waals surface area contributed by atoms with E-state index in [0.29, 0.717) is 0 Å². The van der Waals surface area contributed by atoms with Gasteiger partial charge in [-0.1, -0.05) is 24.3 Å². The molecule has 5 aromatic carbocycles. The molecule has 202 valence electrons. The Balaban J connectivity index is 1.88. The molecule has 0 spiro atoms. The fourth-order valence-corrected chi connectivity index (χ4v) is 4.96. The number of nitriles is 4. The van der Waals surface area contributed by atoms with Gasteiger partial charge < -0.3 is 0 Å². The summed E-state index contributed by atoms with van der Waals surface area (Å²) in [6.07, 6.45) is -5.94. The van der Waals surface area contributed by atoms with Gasteiger partial charge in [0.15, 0.2) is 0 Å². The van der Waals surface area contributed by atoms with E-state index >= 15 is 0 Å². The van der Waals surface area contributed by atoms with E-state index in [4.69, 9.17) is 0 Å². The summed E-state index contributed by atoms with van der Waals surface area (Å²) in [6, 6.07) is 14.8. The van der Waals surface area contributed by atoms with Crippen LogP contribution in [-0.4, -0.2) is 0 Å². The van der Waals surface area contributed by atoms with Crippen LogP contribution in [0.2, 0.25) is 0 Å². The smallest absolute Gasteiger partial charge is 0.192 e. The first kappa shape index (κ1) is 27.6. The highest BCUT2D eigenvalue weighted by Crippen LogP contribution is 2.37. The first-order chi connectivity index (χ1) is 19.9. The number of fused-ring (bicyclic) bond motifs is 2. The van der Waals surface area contributed by atoms with Gasteiger partial charge in [0.1, 0.15) is 12.1 Å². The number of hydrogen-bond acceptors (Lipinski definition) is 6. The molecular formula is C30H10F6N6. The fraction of sp³-hybridized carbons (Fsp3) is 0.0667. The second kappa shape index (κ2) is 9.89. The highest BCUT2D eigenvalue weighted by molar-refractivity contribution is 6.10. The second-order valence-corrected chi connectivity index (χ2v) is 8.94. The van der Waals surface area contributed by atoms with E-state index in [-0.39, 0.29) is 65.6 Å². The number of rotatable bonds is 2. The highest BCUT2D eigenvalue weighted by Gasteiger charge is 2.31. The van der Waals surface area contributed by atoms with E-state index < -0.39 is 23.5 Å². The summed E-state index contributed by atoms with van der Waals surface area (Å²) in [7, 11) is 0. The molecule has 0 atom stereocenters. The monoisotopic (exact) mass is 568 g/mol. The van der Waals surface area contributed by atoms with E-state index in [2.05, 4.69) is 9.98 Å². The zero-order valence-corrected chi connectivity index (χ0v) is 20.7. The topological polar surface area (TPSA) is 120 Å². The van der Waals surface area contributed by atoms with Crippen molar-refractivity contribution in [2.75, 3.05) is 0 Å². The summed E-state index contributed by atoms with van der Waals surface area (Å²) in [6.45, 7) is 0. The Kier molecular flexibility index (Phi) is 6.49. The van der Waals surface area contributed by atoms with Crippen LogP contribution < -0.4 is 10.7 Å². The standard InChI is InChI=1S/C30H10F6N6/c31-29(32,33)17-5-1-15(2-6-17)25-23(11-37)19-9-22-20(10-21(19)27(25)41-13-39)24(12-38)26(28(22)42-14-40)16-3-7-18(8-4-16)30(34,35)36/h1-10H. The van der Waals surface area contributed by atoms with Gasteiger partial charge in [0, 0.05) is 32.7 Å². The van der Waals surface area contributed by atoms with Crippen molar-refractivity contribution in [3.8, 4) is 46.8 Å². The van der Waals surface area contributed by atoms with E-state index in [1.54, 1.807) is 12.4 Å². The molecule has 0 radical (unpaired) electrons. The summed E-state index contributed by atoms with van der Waals surface area (Å²) in [5.41, 5.74) is -1.36. The van der Waals surface area contributed by atoms with Crippen molar-refractivity contribution in [2.45, 2.75) is 12.4 Å². The van der Waals surface area contributed by atoms with Crippen LogP contribution in [0.25, 0.3) is 43.8 Å². The predicted octanol–water partition coefficient (Wildman–Crippen LogP) is 6.75. The van der Waals surface area contributed by atoms with Crippen LogP contribution in [0, 0.1) is 45.6 Å². The van der Waals surface area contributed by atoms with Crippen LogP contribution in [0.1, 0.15) is 22.3 Å². The maximum atomic E-state index is 13.1. The van der Waals surface area contributed by atoms with Crippen molar-refractivity contribution in [1.29, 1.82) is 21.0 Å². The number of halogens is 6. The van der Waals surface area contributed by atoms with Crippen molar-refractivity contribution in [3.63, 3.8) is 0 Å². The van der Waals surface area contributed by atoms with Gasteiger partial charge in [-0.15, -0.1) is 0 Å². The number of nitrogens with zero attached hydrogens (tertiary/aromatic N) is 6. The van der Waals surface area contributed by atoms with Crippen LogP contribution in [0.4, 0.5) is 26.3 Å². The molecule has 0 fully saturated rings. The van der Waals surface area contributed by atoms with Gasteiger partial charge in [0.2, 0.25) is 12.4 Å². The van der Waals surface area contributed by atoms with Crippen LogP contribution in [0.5, 0.6) is 0 Å². The SMILES string of the molecule is N#CN=c1c(-c2ccc(C(F)(F)F)cc2)c(C#N)c2cc3c(=NC#N)c(-c4ccc(C(F)(F)F)cc4)c(C#N)c3cc12. The fourth-order valence-electron chi connectivity index (χ4n) is 4.96. The number of alkyl halides is 6. The van der Waals surface area contributed by atoms with Gasteiger partial charge in [-0.05, 0) is 47.5 Å². The van der Waals surface area contributed by atoms with Crippen molar-refractivity contribution in [1.82, 2.24) is 0 Å². The molecule has 0 aliphatic rings. The minimum absolute atomic E-state index is 0.0225. The highest BCUT2D eigenvalue weighted by atomic mass is 19.4. The molecular weight excluding hydrogens is 558 g/mol. The zero-order valence-electron chi connectivity index (χ0n) is 20.7. The van der Waals surface area contributed by atoms with Crippen LogP contribution in [0.15, 0.2) is 70.6 Å². The lowest BCUT2D eigenvalue weighted by atomic mass is 10.0. The Morgan fingerprint density at radius 3 is 1.10 bits per heavy atom. The average molecular weight is 568 g/mol.